The number of thioether (sulfide) groups is 1. The normalized spacial score (nSPS) is 16.1. The van der Waals surface area contributed by atoms with Gasteiger partial charge in [0, 0.05) is 19.3 Å². The van der Waals surface area contributed by atoms with Gasteiger partial charge in [-0.3, -0.25) is 9.59 Å². The molecule has 0 aliphatic carbocycles. The van der Waals surface area contributed by atoms with Crippen LogP contribution in [-0.4, -0.2) is 45.7 Å². The predicted octanol–water partition coefficient (Wildman–Crippen LogP) is 2.15. The molecule has 1 amide bonds. The SMILES string of the molecule is O=C(O)C1CCN(C(=O)CSc2ccc(Cl)cn2)CC1. The quantitative estimate of drug-likeness (QED) is 0.862. The summed E-state index contributed by atoms with van der Waals surface area (Å²) in [6, 6.07) is 3.51. The van der Waals surface area contributed by atoms with E-state index in [1.54, 1.807) is 23.2 Å². The highest BCUT2D eigenvalue weighted by atomic mass is 35.5. The molecule has 1 aromatic rings. The van der Waals surface area contributed by atoms with E-state index in [1.807, 2.05) is 0 Å². The van der Waals surface area contributed by atoms with Crippen LogP contribution in [0.1, 0.15) is 12.8 Å². The van der Waals surface area contributed by atoms with Gasteiger partial charge in [-0.1, -0.05) is 23.4 Å². The molecule has 1 fully saturated rings. The van der Waals surface area contributed by atoms with Crippen LogP contribution in [0.4, 0.5) is 0 Å². The lowest BCUT2D eigenvalue weighted by atomic mass is 9.97. The van der Waals surface area contributed by atoms with Crippen molar-refractivity contribution in [1.82, 2.24) is 9.88 Å². The highest BCUT2D eigenvalue weighted by molar-refractivity contribution is 7.99. The number of amides is 1. The highest BCUT2D eigenvalue weighted by Crippen LogP contribution is 2.21. The number of carboxylic acids is 1. The Morgan fingerprint density at radius 3 is 2.65 bits per heavy atom. The Morgan fingerprint density at radius 1 is 1.40 bits per heavy atom. The minimum Gasteiger partial charge on any atom is -0.481 e. The molecule has 5 nitrogen and oxygen atoms in total. The van der Waals surface area contributed by atoms with Crippen LogP contribution in [0.3, 0.4) is 0 Å². The molecule has 0 aromatic carbocycles. The number of aliphatic carboxylic acids is 1. The summed E-state index contributed by atoms with van der Waals surface area (Å²) in [6.07, 6.45) is 2.61. The van der Waals surface area contributed by atoms with E-state index in [9.17, 15) is 9.59 Å². The predicted molar refractivity (Wildman–Crippen MR) is 76.9 cm³/mol. The second-order valence-electron chi connectivity index (χ2n) is 4.60. The number of hydrogen-bond donors (Lipinski definition) is 1. The number of nitrogens with zero attached hydrogens (tertiary/aromatic N) is 2. The molecule has 0 spiro atoms. The Kier molecular flexibility index (Phi) is 5.25. The molecule has 0 radical (unpaired) electrons. The zero-order valence-electron chi connectivity index (χ0n) is 10.8. The van der Waals surface area contributed by atoms with E-state index < -0.39 is 5.97 Å². The Bertz CT molecular complexity index is 487. The van der Waals surface area contributed by atoms with Crippen molar-refractivity contribution in [2.45, 2.75) is 17.9 Å². The van der Waals surface area contributed by atoms with Gasteiger partial charge in [-0.05, 0) is 25.0 Å². The fraction of sp³-hybridized carbons (Fsp3) is 0.462. The number of hydrogen-bond acceptors (Lipinski definition) is 4. The van der Waals surface area contributed by atoms with E-state index in [0.717, 1.165) is 5.03 Å². The van der Waals surface area contributed by atoms with Crippen LogP contribution < -0.4 is 0 Å². The summed E-state index contributed by atoms with van der Waals surface area (Å²) >= 11 is 7.10. The lowest BCUT2D eigenvalue weighted by Crippen LogP contribution is -2.41. The third-order valence-electron chi connectivity index (χ3n) is 3.24. The lowest BCUT2D eigenvalue weighted by molar-refractivity contribution is -0.145. The van der Waals surface area contributed by atoms with E-state index in [-0.39, 0.29) is 11.8 Å². The first-order valence-corrected chi connectivity index (χ1v) is 7.67. The van der Waals surface area contributed by atoms with Crippen LogP contribution in [0.5, 0.6) is 0 Å². The number of halogens is 1. The zero-order chi connectivity index (χ0) is 14.5. The number of rotatable bonds is 4. The van der Waals surface area contributed by atoms with Gasteiger partial charge in [0.25, 0.3) is 0 Å². The molecule has 0 unspecified atom stereocenters. The first-order valence-electron chi connectivity index (χ1n) is 6.31. The number of piperidine rings is 1. The molecule has 20 heavy (non-hydrogen) atoms. The average Bonchev–Trinajstić information content (AvgIpc) is 2.46. The molecule has 1 aliphatic heterocycles. The molecule has 0 atom stereocenters. The fourth-order valence-corrected chi connectivity index (χ4v) is 2.91. The summed E-state index contributed by atoms with van der Waals surface area (Å²) in [5.41, 5.74) is 0. The van der Waals surface area contributed by atoms with Crippen LogP contribution >= 0.6 is 23.4 Å². The van der Waals surface area contributed by atoms with Crippen molar-refractivity contribution in [3.63, 3.8) is 0 Å². The van der Waals surface area contributed by atoms with Crippen molar-refractivity contribution in [3.8, 4) is 0 Å². The van der Waals surface area contributed by atoms with Crippen LogP contribution in [-0.2, 0) is 9.59 Å². The minimum absolute atomic E-state index is 0.0237. The zero-order valence-corrected chi connectivity index (χ0v) is 12.4. The molecule has 1 saturated heterocycles. The topological polar surface area (TPSA) is 70.5 Å². The van der Waals surface area contributed by atoms with Crippen molar-refractivity contribution in [3.05, 3.63) is 23.4 Å². The van der Waals surface area contributed by atoms with Crippen molar-refractivity contribution in [2.75, 3.05) is 18.8 Å². The maximum Gasteiger partial charge on any atom is 0.306 e. The Hall–Kier alpha value is -1.27. The van der Waals surface area contributed by atoms with E-state index in [0.29, 0.717) is 36.7 Å². The van der Waals surface area contributed by atoms with Gasteiger partial charge in [-0.2, -0.15) is 0 Å². The second-order valence-corrected chi connectivity index (χ2v) is 6.03. The van der Waals surface area contributed by atoms with Gasteiger partial charge in [0.2, 0.25) is 5.91 Å². The number of aromatic nitrogens is 1. The molecular weight excluding hydrogens is 300 g/mol. The maximum absolute atomic E-state index is 12.0. The molecule has 2 rings (SSSR count). The Balaban J connectivity index is 1.78. The molecule has 1 N–H and O–H groups in total. The summed E-state index contributed by atoms with van der Waals surface area (Å²) in [5.74, 6) is -0.746. The van der Waals surface area contributed by atoms with Crippen LogP contribution in [0.15, 0.2) is 23.4 Å². The standard InChI is InChI=1S/C13H15ClN2O3S/c14-10-1-2-11(15-7-10)20-8-12(17)16-5-3-9(4-6-16)13(18)19/h1-2,7,9H,3-6,8H2,(H,18,19). The molecule has 7 heteroatoms. The summed E-state index contributed by atoms with van der Waals surface area (Å²) in [5, 5.41) is 10.2. The van der Waals surface area contributed by atoms with Gasteiger partial charge in [0.15, 0.2) is 0 Å². The van der Waals surface area contributed by atoms with Crippen LogP contribution in [0.2, 0.25) is 5.02 Å². The number of likely N-dealkylation sites (tertiary alicyclic amines) is 1. The largest absolute Gasteiger partial charge is 0.481 e. The summed E-state index contributed by atoms with van der Waals surface area (Å²) in [6.45, 7) is 1.04. The maximum atomic E-state index is 12.0. The number of carboxylic acid groups (broad SMARTS) is 1. The second kappa shape index (κ2) is 6.95. The monoisotopic (exact) mass is 314 g/mol. The van der Waals surface area contributed by atoms with Gasteiger partial charge in [0.1, 0.15) is 0 Å². The van der Waals surface area contributed by atoms with Gasteiger partial charge >= 0.3 is 5.97 Å². The van der Waals surface area contributed by atoms with E-state index in [4.69, 9.17) is 16.7 Å². The fourth-order valence-electron chi connectivity index (χ4n) is 2.05. The average molecular weight is 315 g/mol. The Labute approximate surface area is 126 Å². The molecule has 1 aliphatic rings. The smallest absolute Gasteiger partial charge is 0.306 e. The molecular formula is C13H15ClN2O3S. The van der Waals surface area contributed by atoms with Crippen molar-refractivity contribution in [2.24, 2.45) is 5.92 Å². The van der Waals surface area contributed by atoms with Crippen molar-refractivity contribution >= 4 is 35.2 Å². The molecule has 1 aromatic heterocycles. The highest BCUT2D eigenvalue weighted by Gasteiger charge is 2.26. The summed E-state index contributed by atoms with van der Waals surface area (Å²) in [7, 11) is 0. The number of pyridine rings is 1. The molecule has 108 valence electrons. The van der Waals surface area contributed by atoms with E-state index >= 15 is 0 Å². The molecule has 2 heterocycles. The molecule has 0 bridgehead atoms. The van der Waals surface area contributed by atoms with E-state index in [2.05, 4.69) is 4.98 Å². The van der Waals surface area contributed by atoms with Crippen molar-refractivity contribution < 1.29 is 14.7 Å². The van der Waals surface area contributed by atoms with Gasteiger partial charge in [-0.15, -0.1) is 0 Å². The Morgan fingerprint density at radius 2 is 2.10 bits per heavy atom. The lowest BCUT2D eigenvalue weighted by Gasteiger charge is -2.30. The van der Waals surface area contributed by atoms with Crippen LogP contribution in [0, 0.1) is 5.92 Å². The first kappa shape index (κ1) is 15.1. The van der Waals surface area contributed by atoms with Gasteiger partial charge in [0.05, 0.1) is 21.7 Å². The minimum atomic E-state index is -0.767. The van der Waals surface area contributed by atoms with Crippen molar-refractivity contribution in [1.29, 1.82) is 0 Å². The molecule has 0 saturated carbocycles. The van der Waals surface area contributed by atoms with Gasteiger partial charge < -0.3 is 10.0 Å². The number of carbonyl (C=O) groups excluding carboxylic acids is 1. The summed E-state index contributed by atoms with van der Waals surface area (Å²) in [4.78, 5) is 28.7. The van der Waals surface area contributed by atoms with Gasteiger partial charge in [-0.25, -0.2) is 4.98 Å². The third kappa shape index (κ3) is 4.11. The number of carbonyl (C=O) groups is 2. The van der Waals surface area contributed by atoms with E-state index in [1.165, 1.54) is 11.8 Å². The van der Waals surface area contributed by atoms with Crippen LogP contribution in [0.25, 0.3) is 0 Å². The summed E-state index contributed by atoms with van der Waals surface area (Å²) < 4.78 is 0. The first-order chi connectivity index (χ1) is 9.56. The third-order valence-corrected chi connectivity index (χ3v) is 4.39.